The molecule has 2 aromatic heterocycles. The molecule has 0 aliphatic carbocycles. The topological polar surface area (TPSA) is 98.1 Å². The molecule has 0 N–H and O–H groups in total. The fraction of sp³-hybridized carbons (Fsp3) is 0.273. The van der Waals surface area contributed by atoms with E-state index in [0.29, 0.717) is 23.6 Å². The molecular formula is C22H21N3O5. The summed E-state index contributed by atoms with van der Waals surface area (Å²) in [4.78, 5) is 25.2. The normalized spacial score (nSPS) is 15.9. The maximum absolute atomic E-state index is 12.9. The van der Waals surface area contributed by atoms with E-state index in [1.54, 1.807) is 32.2 Å². The maximum Gasteiger partial charge on any atom is 0.344 e. The number of nitrogens with zero attached hydrogens (tertiary/aromatic N) is 3. The van der Waals surface area contributed by atoms with E-state index in [-0.39, 0.29) is 5.56 Å². The first-order valence-corrected chi connectivity index (χ1v) is 9.54. The average Bonchev–Trinajstić information content (AvgIpc) is 3.46. The second kappa shape index (κ2) is 7.98. The Kier molecular flexibility index (Phi) is 5.22. The summed E-state index contributed by atoms with van der Waals surface area (Å²) in [7, 11) is 0. The van der Waals surface area contributed by atoms with Gasteiger partial charge in [-0.2, -0.15) is 5.10 Å². The van der Waals surface area contributed by atoms with Crippen molar-refractivity contribution >= 4 is 17.6 Å². The SMILES string of the molecule is Cc1ccc(C2=NN(C(=O)COC(=O)c3c(C)noc3C)[C@H](c3ccco3)C2)cc1. The van der Waals surface area contributed by atoms with Gasteiger partial charge in [0, 0.05) is 6.42 Å². The first kappa shape index (κ1) is 19.6. The second-order valence-corrected chi connectivity index (χ2v) is 7.16. The van der Waals surface area contributed by atoms with Gasteiger partial charge in [-0.25, -0.2) is 9.80 Å². The van der Waals surface area contributed by atoms with Crippen LogP contribution >= 0.6 is 0 Å². The molecule has 0 unspecified atom stereocenters. The zero-order chi connectivity index (χ0) is 21.3. The highest BCUT2D eigenvalue weighted by molar-refractivity contribution is 6.03. The van der Waals surface area contributed by atoms with Gasteiger partial charge in [0.25, 0.3) is 5.91 Å². The molecule has 4 rings (SSSR count). The standard InChI is InChI=1S/C22H21N3O5/c1-13-6-8-16(9-7-13)17-11-18(19-5-4-10-28-19)25(23-17)20(26)12-29-22(27)21-14(2)24-30-15(21)3/h4-10,18H,11-12H2,1-3H3/t18-/m0/s1. The molecule has 1 amide bonds. The van der Waals surface area contributed by atoms with E-state index in [9.17, 15) is 9.59 Å². The van der Waals surface area contributed by atoms with E-state index in [0.717, 1.165) is 16.8 Å². The number of carbonyl (C=O) groups is 2. The lowest BCUT2D eigenvalue weighted by Crippen LogP contribution is -2.31. The molecule has 0 saturated heterocycles. The van der Waals surface area contributed by atoms with E-state index in [1.807, 2.05) is 31.2 Å². The molecule has 1 aromatic carbocycles. The molecule has 8 heteroatoms. The average molecular weight is 407 g/mol. The minimum absolute atomic E-state index is 0.232. The second-order valence-electron chi connectivity index (χ2n) is 7.16. The molecular weight excluding hydrogens is 386 g/mol. The maximum atomic E-state index is 12.9. The Morgan fingerprint density at radius 1 is 1.17 bits per heavy atom. The van der Waals surface area contributed by atoms with Crippen molar-refractivity contribution in [3.63, 3.8) is 0 Å². The lowest BCUT2D eigenvalue weighted by Gasteiger charge is -2.19. The van der Waals surface area contributed by atoms with Gasteiger partial charge < -0.3 is 13.7 Å². The number of amides is 1. The van der Waals surface area contributed by atoms with Crippen LogP contribution in [0.1, 0.15) is 51.2 Å². The Morgan fingerprint density at radius 3 is 2.57 bits per heavy atom. The third-order valence-electron chi connectivity index (χ3n) is 4.99. The Balaban J connectivity index is 1.53. The van der Waals surface area contributed by atoms with E-state index in [1.165, 1.54) is 5.01 Å². The number of furan rings is 1. The summed E-state index contributed by atoms with van der Waals surface area (Å²) in [5.74, 6) is -0.139. The number of hydrazone groups is 1. The van der Waals surface area contributed by atoms with Crippen molar-refractivity contribution in [1.29, 1.82) is 0 Å². The van der Waals surface area contributed by atoms with Crippen molar-refractivity contribution in [2.75, 3.05) is 6.61 Å². The van der Waals surface area contributed by atoms with Crippen LogP contribution in [0.25, 0.3) is 0 Å². The molecule has 1 atom stereocenters. The largest absolute Gasteiger partial charge is 0.467 e. The van der Waals surface area contributed by atoms with Crippen LogP contribution in [0.4, 0.5) is 0 Å². The highest BCUT2D eigenvalue weighted by atomic mass is 16.5. The Morgan fingerprint density at radius 2 is 1.93 bits per heavy atom. The molecule has 3 aromatic rings. The number of ether oxygens (including phenoxy) is 1. The molecule has 0 radical (unpaired) electrons. The predicted octanol–water partition coefficient (Wildman–Crippen LogP) is 3.73. The van der Waals surface area contributed by atoms with Gasteiger partial charge in [-0.15, -0.1) is 0 Å². The van der Waals surface area contributed by atoms with Crippen molar-refractivity contribution in [3.8, 4) is 0 Å². The first-order valence-electron chi connectivity index (χ1n) is 9.54. The number of hydrogen-bond acceptors (Lipinski definition) is 7. The number of hydrogen-bond donors (Lipinski definition) is 0. The summed E-state index contributed by atoms with van der Waals surface area (Å²) in [6.45, 7) is 4.81. The summed E-state index contributed by atoms with van der Waals surface area (Å²) in [5.41, 5.74) is 3.48. The van der Waals surface area contributed by atoms with E-state index < -0.39 is 24.5 Å². The fourth-order valence-corrected chi connectivity index (χ4v) is 3.40. The van der Waals surface area contributed by atoms with Gasteiger partial charge in [-0.1, -0.05) is 35.0 Å². The monoisotopic (exact) mass is 407 g/mol. The zero-order valence-electron chi connectivity index (χ0n) is 16.9. The Hall–Kier alpha value is -3.68. The molecule has 1 aliphatic heterocycles. The number of rotatable bonds is 5. The van der Waals surface area contributed by atoms with Crippen molar-refractivity contribution in [3.05, 3.63) is 76.6 Å². The number of aromatic nitrogens is 1. The summed E-state index contributed by atoms with van der Waals surface area (Å²) in [6.07, 6.45) is 2.06. The number of aryl methyl sites for hydroxylation is 3. The van der Waals surface area contributed by atoms with Crippen LogP contribution in [-0.2, 0) is 9.53 Å². The van der Waals surface area contributed by atoms with Gasteiger partial charge in [0.1, 0.15) is 23.1 Å². The molecule has 30 heavy (non-hydrogen) atoms. The van der Waals surface area contributed by atoms with Gasteiger partial charge in [-0.3, -0.25) is 4.79 Å². The minimum atomic E-state index is -0.656. The van der Waals surface area contributed by atoms with E-state index in [2.05, 4.69) is 10.3 Å². The van der Waals surface area contributed by atoms with Crippen LogP contribution in [0.3, 0.4) is 0 Å². The number of benzene rings is 1. The lowest BCUT2D eigenvalue weighted by molar-refractivity contribution is -0.136. The molecule has 154 valence electrons. The molecule has 0 saturated carbocycles. The summed E-state index contributed by atoms with van der Waals surface area (Å²) in [6, 6.07) is 11.1. The summed E-state index contributed by atoms with van der Waals surface area (Å²) in [5, 5.41) is 9.58. The van der Waals surface area contributed by atoms with E-state index >= 15 is 0 Å². The van der Waals surface area contributed by atoms with Crippen LogP contribution in [0.5, 0.6) is 0 Å². The van der Waals surface area contributed by atoms with Gasteiger partial charge in [0.05, 0.1) is 17.7 Å². The number of carbonyl (C=O) groups excluding carboxylic acids is 2. The van der Waals surface area contributed by atoms with Gasteiger partial charge >= 0.3 is 5.97 Å². The van der Waals surface area contributed by atoms with Crippen molar-refractivity contribution in [2.45, 2.75) is 33.2 Å². The molecule has 0 bridgehead atoms. The highest BCUT2D eigenvalue weighted by Gasteiger charge is 2.35. The zero-order valence-corrected chi connectivity index (χ0v) is 16.9. The molecule has 0 spiro atoms. The quantitative estimate of drug-likeness (QED) is 0.598. The Bertz CT molecular complexity index is 1080. The van der Waals surface area contributed by atoms with Crippen LogP contribution in [0, 0.1) is 20.8 Å². The van der Waals surface area contributed by atoms with Gasteiger partial charge in [0.2, 0.25) is 0 Å². The fourth-order valence-electron chi connectivity index (χ4n) is 3.40. The van der Waals surface area contributed by atoms with Crippen LogP contribution in [0.2, 0.25) is 0 Å². The van der Waals surface area contributed by atoms with Crippen LogP contribution < -0.4 is 0 Å². The van der Waals surface area contributed by atoms with E-state index in [4.69, 9.17) is 13.7 Å². The van der Waals surface area contributed by atoms with Crippen molar-refractivity contribution < 1.29 is 23.3 Å². The molecule has 8 nitrogen and oxygen atoms in total. The molecule has 0 fully saturated rings. The van der Waals surface area contributed by atoms with Gasteiger partial charge in [-0.05, 0) is 38.5 Å². The molecule has 1 aliphatic rings. The third-order valence-corrected chi connectivity index (χ3v) is 4.99. The predicted molar refractivity (Wildman–Crippen MR) is 107 cm³/mol. The number of esters is 1. The lowest BCUT2D eigenvalue weighted by atomic mass is 10.0. The smallest absolute Gasteiger partial charge is 0.344 e. The van der Waals surface area contributed by atoms with Crippen LogP contribution in [0.15, 0.2) is 56.7 Å². The van der Waals surface area contributed by atoms with Crippen LogP contribution in [-0.4, -0.2) is 34.4 Å². The van der Waals surface area contributed by atoms with Crippen molar-refractivity contribution in [1.82, 2.24) is 10.2 Å². The highest BCUT2D eigenvalue weighted by Crippen LogP contribution is 2.33. The van der Waals surface area contributed by atoms with Crippen molar-refractivity contribution in [2.24, 2.45) is 5.10 Å². The minimum Gasteiger partial charge on any atom is -0.467 e. The van der Waals surface area contributed by atoms with Gasteiger partial charge in [0.15, 0.2) is 6.61 Å². The Labute approximate surface area is 173 Å². The first-order chi connectivity index (χ1) is 14.4. The molecule has 3 heterocycles. The summed E-state index contributed by atoms with van der Waals surface area (Å²) < 4.78 is 15.7. The third kappa shape index (κ3) is 3.76. The summed E-state index contributed by atoms with van der Waals surface area (Å²) >= 11 is 0.